The second kappa shape index (κ2) is 7.66. The highest BCUT2D eigenvalue weighted by molar-refractivity contribution is 5.87. The van der Waals surface area contributed by atoms with Crippen molar-refractivity contribution in [1.29, 1.82) is 0 Å². The molecular weight excluding hydrogens is 314 g/mol. The van der Waals surface area contributed by atoms with Crippen LogP contribution in [-0.2, 0) is 9.59 Å². The van der Waals surface area contributed by atoms with Gasteiger partial charge in [0.25, 0.3) is 5.91 Å². The van der Waals surface area contributed by atoms with E-state index in [2.05, 4.69) is 29.6 Å². The number of nitrogens with one attached hydrogen (secondary N) is 2. The zero-order valence-electron chi connectivity index (χ0n) is 14.6. The van der Waals surface area contributed by atoms with Crippen molar-refractivity contribution in [3.8, 4) is 0 Å². The van der Waals surface area contributed by atoms with Gasteiger partial charge in [-0.15, -0.1) is 0 Å². The molecule has 0 bridgehead atoms. The Labute approximate surface area is 148 Å². The van der Waals surface area contributed by atoms with E-state index in [0.29, 0.717) is 13.1 Å². The summed E-state index contributed by atoms with van der Waals surface area (Å²) < 4.78 is 0. The number of piperidine rings is 1. The predicted molar refractivity (Wildman–Crippen MR) is 98.0 cm³/mol. The van der Waals surface area contributed by atoms with Crippen LogP contribution in [0.1, 0.15) is 31.4 Å². The van der Waals surface area contributed by atoms with Crippen LogP contribution in [0.2, 0.25) is 0 Å². The summed E-state index contributed by atoms with van der Waals surface area (Å²) in [7, 11) is 0. The van der Waals surface area contributed by atoms with Crippen LogP contribution >= 0.6 is 0 Å². The van der Waals surface area contributed by atoms with Crippen LogP contribution in [0.3, 0.4) is 0 Å². The van der Waals surface area contributed by atoms with E-state index in [1.807, 2.05) is 25.1 Å². The van der Waals surface area contributed by atoms with Crippen LogP contribution in [-0.4, -0.2) is 31.4 Å². The lowest BCUT2D eigenvalue weighted by Crippen LogP contribution is -3.15. The number of hydrogen-bond acceptors (Lipinski definition) is 2. The highest BCUT2D eigenvalue weighted by Gasteiger charge is 2.28. The summed E-state index contributed by atoms with van der Waals surface area (Å²) in [6.45, 7) is 3.97. The molecule has 5 nitrogen and oxygen atoms in total. The van der Waals surface area contributed by atoms with E-state index in [4.69, 9.17) is 5.73 Å². The second-order valence-corrected chi connectivity index (χ2v) is 6.98. The van der Waals surface area contributed by atoms with Gasteiger partial charge in [0.15, 0.2) is 6.54 Å². The van der Waals surface area contributed by atoms with Crippen LogP contribution in [0, 0.1) is 5.92 Å². The molecule has 1 fully saturated rings. The number of hydrogen-bond donors (Lipinski definition) is 3. The minimum atomic E-state index is -0.248. The van der Waals surface area contributed by atoms with Crippen LogP contribution in [0.25, 0.3) is 10.8 Å². The number of carbonyl (C=O) groups excluding carboxylic acids is 2. The first-order valence-electron chi connectivity index (χ1n) is 8.94. The second-order valence-electron chi connectivity index (χ2n) is 6.98. The van der Waals surface area contributed by atoms with Gasteiger partial charge in [-0.3, -0.25) is 9.59 Å². The Bertz CT molecular complexity index is 769. The van der Waals surface area contributed by atoms with Crippen molar-refractivity contribution in [1.82, 2.24) is 5.32 Å². The molecule has 1 heterocycles. The van der Waals surface area contributed by atoms with Crippen molar-refractivity contribution in [3.05, 3.63) is 48.0 Å². The fourth-order valence-electron chi connectivity index (χ4n) is 3.78. The van der Waals surface area contributed by atoms with Crippen molar-refractivity contribution >= 4 is 22.6 Å². The van der Waals surface area contributed by atoms with E-state index in [9.17, 15) is 9.59 Å². The molecule has 25 heavy (non-hydrogen) atoms. The molecule has 0 aliphatic carbocycles. The average molecular weight is 340 g/mol. The van der Waals surface area contributed by atoms with Gasteiger partial charge in [0.2, 0.25) is 5.91 Å². The first kappa shape index (κ1) is 17.4. The van der Waals surface area contributed by atoms with Gasteiger partial charge in [-0.25, -0.2) is 0 Å². The number of quaternary nitrogens is 1. The van der Waals surface area contributed by atoms with Gasteiger partial charge in [-0.05, 0) is 36.1 Å². The molecule has 4 N–H and O–H groups in total. The zero-order valence-corrected chi connectivity index (χ0v) is 14.6. The molecule has 0 aromatic heterocycles. The van der Waals surface area contributed by atoms with Gasteiger partial charge >= 0.3 is 0 Å². The van der Waals surface area contributed by atoms with Crippen LogP contribution < -0.4 is 16.0 Å². The van der Waals surface area contributed by atoms with E-state index in [0.717, 1.165) is 35.2 Å². The van der Waals surface area contributed by atoms with E-state index in [-0.39, 0.29) is 23.8 Å². The molecule has 2 aromatic carbocycles. The third-order valence-electron chi connectivity index (χ3n) is 5.10. The first-order valence-corrected chi connectivity index (χ1v) is 8.94. The highest BCUT2D eigenvalue weighted by atomic mass is 16.2. The van der Waals surface area contributed by atoms with Crippen molar-refractivity contribution in [3.63, 3.8) is 0 Å². The molecule has 0 spiro atoms. The van der Waals surface area contributed by atoms with Gasteiger partial charge in [-0.1, -0.05) is 42.5 Å². The summed E-state index contributed by atoms with van der Waals surface area (Å²) in [6, 6.07) is 14.3. The summed E-state index contributed by atoms with van der Waals surface area (Å²) in [5.74, 6) is -0.339. The molecule has 1 aliphatic rings. The number of likely N-dealkylation sites (tertiary alicyclic amines) is 1. The summed E-state index contributed by atoms with van der Waals surface area (Å²) in [5, 5.41) is 5.44. The molecule has 1 unspecified atom stereocenters. The fourth-order valence-corrected chi connectivity index (χ4v) is 3.78. The van der Waals surface area contributed by atoms with E-state index < -0.39 is 0 Å². The molecule has 1 aliphatic heterocycles. The van der Waals surface area contributed by atoms with Crippen molar-refractivity contribution in [2.45, 2.75) is 25.8 Å². The maximum absolute atomic E-state index is 12.5. The molecule has 2 aromatic rings. The summed E-state index contributed by atoms with van der Waals surface area (Å²) >= 11 is 0. The maximum Gasteiger partial charge on any atom is 0.275 e. The largest absolute Gasteiger partial charge is 0.369 e. The minimum absolute atomic E-state index is 0.0144. The Morgan fingerprint density at radius 3 is 2.80 bits per heavy atom. The van der Waals surface area contributed by atoms with Crippen molar-refractivity contribution in [2.24, 2.45) is 11.7 Å². The normalized spacial score (nSPS) is 21.6. The lowest BCUT2D eigenvalue weighted by Gasteiger charge is -2.28. The Balaban J connectivity index is 1.63. The fraction of sp³-hybridized carbons (Fsp3) is 0.400. The number of primary amides is 1. The van der Waals surface area contributed by atoms with Crippen LogP contribution in [0.15, 0.2) is 42.5 Å². The molecule has 2 amide bonds. The number of carbonyl (C=O) groups is 2. The summed E-state index contributed by atoms with van der Waals surface area (Å²) in [5.41, 5.74) is 6.54. The standard InChI is InChI=1S/C20H25N3O2/c1-14(17-10-4-7-15-6-2-3-9-18(15)17)22-19(24)13-23-11-5-8-16(12-23)20(21)25/h2-4,6-7,9-10,14,16H,5,8,11-13H2,1H3,(H2,21,25)(H,22,24)/p+1/t14-,16+/m1/s1. The number of benzene rings is 2. The average Bonchev–Trinajstić information content (AvgIpc) is 2.61. The molecule has 0 saturated carbocycles. The molecular formula is C20H26N3O2+. The minimum Gasteiger partial charge on any atom is -0.369 e. The lowest BCUT2D eigenvalue weighted by molar-refractivity contribution is -0.899. The molecule has 3 atom stereocenters. The Morgan fingerprint density at radius 1 is 1.24 bits per heavy atom. The number of rotatable bonds is 5. The summed E-state index contributed by atoms with van der Waals surface area (Å²) in [6.07, 6.45) is 1.78. The third-order valence-corrected chi connectivity index (χ3v) is 5.10. The monoisotopic (exact) mass is 340 g/mol. The Kier molecular flexibility index (Phi) is 5.34. The molecule has 132 valence electrons. The van der Waals surface area contributed by atoms with Gasteiger partial charge in [-0.2, -0.15) is 0 Å². The Hall–Kier alpha value is -2.40. The Morgan fingerprint density at radius 2 is 2.00 bits per heavy atom. The molecule has 1 saturated heterocycles. The van der Waals surface area contributed by atoms with Crippen LogP contribution in [0.5, 0.6) is 0 Å². The third kappa shape index (κ3) is 4.17. The van der Waals surface area contributed by atoms with E-state index >= 15 is 0 Å². The summed E-state index contributed by atoms with van der Waals surface area (Å²) in [4.78, 5) is 25.0. The number of nitrogens with two attached hydrogens (primary N) is 1. The van der Waals surface area contributed by atoms with Gasteiger partial charge in [0.05, 0.1) is 25.0 Å². The zero-order chi connectivity index (χ0) is 17.8. The van der Waals surface area contributed by atoms with Crippen molar-refractivity contribution in [2.75, 3.05) is 19.6 Å². The number of fused-ring (bicyclic) bond motifs is 1. The predicted octanol–water partition coefficient (Wildman–Crippen LogP) is 0.797. The van der Waals surface area contributed by atoms with Gasteiger partial charge < -0.3 is 16.0 Å². The van der Waals surface area contributed by atoms with E-state index in [1.54, 1.807) is 0 Å². The maximum atomic E-state index is 12.5. The topological polar surface area (TPSA) is 76.6 Å². The highest BCUT2D eigenvalue weighted by Crippen LogP contribution is 2.23. The first-order chi connectivity index (χ1) is 12.0. The quantitative estimate of drug-likeness (QED) is 0.753. The van der Waals surface area contributed by atoms with Crippen molar-refractivity contribution < 1.29 is 14.5 Å². The SMILES string of the molecule is C[C@@H](NC(=O)C[NH+]1CCC[C@H](C(N)=O)C1)c1cccc2ccccc12. The molecule has 3 rings (SSSR count). The lowest BCUT2D eigenvalue weighted by atomic mass is 9.97. The molecule has 5 heteroatoms. The van der Waals surface area contributed by atoms with E-state index in [1.165, 1.54) is 5.39 Å². The van der Waals surface area contributed by atoms with Crippen LogP contribution in [0.4, 0.5) is 0 Å². The smallest absolute Gasteiger partial charge is 0.275 e. The molecule has 0 radical (unpaired) electrons. The van der Waals surface area contributed by atoms with Gasteiger partial charge in [0, 0.05) is 0 Å². The number of amides is 2. The van der Waals surface area contributed by atoms with Gasteiger partial charge in [0.1, 0.15) is 0 Å².